The van der Waals surface area contributed by atoms with Crippen LogP contribution in [0.25, 0.3) is 61.4 Å². The molecule has 0 radical (unpaired) electrons. The Kier molecular flexibility index (Phi) is 5.65. The minimum Gasteiger partial charge on any atom is -0.453 e. The summed E-state index contributed by atoms with van der Waals surface area (Å²) in [5.41, 5.74) is 10.5. The monoisotopic (exact) mass is 682 g/mol. The lowest BCUT2D eigenvalue weighted by atomic mass is 9.98. The first kappa shape index (κ1) is 28.3. The van der Waals surface area contributed by atoms with E-state index < -0.39 is 0 Å². The number of rotatable bonds is 4. The van der Waals surface area contributed by atoms with E-state index in [0.29, 0.717) is 5.95 Å². The maximum Gasteiger partial charge on any atom is 0.235 e. The van der Waals surface area contributed by atoms with Crippen molar-refractivity contribution in [2.24, 2.45) is 0 Å². The standard InChI is InChI=1S/C46H26N4O3/c1-3-11-27(12-4-1)33-26-34(28-13-5-2-6-14-28)48-46(47-33)49-35-16-8-7-15-31(35)32-23-29(21-22-36(32)49)30-24-41-45-42(25-30)53-40-20-10-18-38-44(40)50(45)43-37(51-38)17-9-19-39(43)52-41/h1-26H. The molecule has 2 aromatic heterocycles. The van der Waals surface area contributed by atoms with Gasteiger partial charge in [-0.25, -0.2) is 9.97 Å². The highest BCUT2D eigenvalue weighted by Crippen LogP contribution is 2.67. The average molecular weight is 683 g/mol. The number of anilines is 3. The fraction of sp³-hybridized carbons (Fsp3) is 0. The van der Waals surface area contributed by atoms with Gasteiger partial charge in [-0.05, 0) is 71.8 Å². The molecule has 0 bridgehead atoms. The number of para-hydroxylation sites is 3. The summed E-state index contributed by atoms with van der Waals surface area (Å²) in [5, 5.41) is 2.21. The van der Waals surface area contributed by atoms with Crippen LogP contribution in [0.4, 0.5) is 17.1 Å². The Morgan fingerprint density at radius 2 is 0.868 bits per heavy atom. The van der Waals surface area contributed by atoms with Crippen LogP contribution in [0.5, 0.6) is 34.5 Å². The third-order valence-corrected chi connectivity index (χ3v) is 10.4. The van der Waals surface area contributed by atoms with Gasteiger partial charge in [0.25, 0.3) is 0 Å². The van der Waals surface area contributed by atoms with Crippen LogP contribution in [0.3, 0.4) is 0 Å². The van der Waals surface area contributed by atoms with Crippen molar-refractivity contribution in [2.45, 2.75) is 0 Å². The Bertz CT molecular complexity index is 2860. The molecule has 0 saturated carbocycles. The van der Waals surface area contributed by atoms with Gasteiger partial charge in [-0.15, -0.1) is 0 Å². The van der Waals surface area contributed by atoms with Crippen LogP contribution >= 0.6 is 0 Å². The molecule has 5 heterocycles. The van der Waals surface area contributed by atoms with Gasteiger partial charge in [0.15, 0.2) is 34.5 Å². The molecule has 0 fully saturated rings. The van der Waals surface area contributed by atoms with Gasteiger partial charge in [0.05, 0.1) is 22.4 Å². The van der Waals surface area contributed by atoms with E-state index in [1.54, 1.807) is 0 Å². The van der Waals surface area contributed by atoms with Crippen LogP contribution in [0.1, 0.15) is 0 Å². The fourth-order valence-electron chi connectivity index (χ4n) is 8.01. The third kappa shape index (κ3) is 4.10. The van der Waals surface area contributed by atoms with Crippen molar-refractivity contribution in [2.75, 3.05) is 4.90 Å². The lowest BCUT2D eigenvalue weighted by Gasteiger charge is -2.41. The van der Waals surface area contributed by atoms with E-state index in [2.05, 4.69) is 94.4 Å². The van der Waals surface area contributed by atoms with Crippen molar-refractivity contribution >= 4 is 38.9 Å². The van der Waals surface area contributed by atoms with Crippen molar-refractivity contribution in [1.29, 1.82) is 0 Å². The fourth-order valence-corrected chi connectivity index (χ4v) is 8.01. The van der Waals surface area contributed by atoms with Crippen LogP contribution in [-0.4, -0.2) is 14.5 Å². The molecule has 53 heavy (non-hydrogen) atoms. The molecular weight excluding hydrogens is 657 g/mol. The van der Waals surface area contributed by atoms with Gasteiger partial charge in [-0.1, -0.05) is 97.1 Å². The third-order valence-electron chi connectivity index (χ3n) is 10.4. The molecule has 0 N–H and O–H groups in total. The van der Waals surface area contributed by atoms with E-state index in [0.717, 1.165) is 107 Å². The van der Waals surface area contributed by atoms with E-state index in [-0.39, 0.29) is 0 Å². The molecule has 0 amide bonds. The zero-order valence-electron chi connectivity index (χ0n) is 28.0. The average Bonchev–Trinajstić information content (AvgIpc) is 3.55. The second-order valence-electron chi connectivity index (χ2n) is 13.4. The topological polar surface area (TPSA) is 61.6 Å². The first-order valence-electron chi connectivity index (χ1n) is 17.6. The quantitative estimate of drug-likeness (QED) is 0.184. The molecule has 0 spiro atoms. The van der Waals surface area contributed by atoms with Crippen LogP contribution in [0, 0.1) is 0 Å². The van der Waals surface area contributed by atoms with Crippen LogP contribution < -0.4 is 19.1 Å². The number of hydrogen-bond acceptors (Lipinski definition) is 6. The summed E-state index contributed by atoms with van der Waals surface area (Å²) in [6.07, 6.45) is 0. The van der Waals surface area contributed by atoms with Gasteiger partial charge in [0.2, 0.25) is 5.95 Å². The van der Waals surface area contributed by atoms with Gasteiger partial charge >= 0.3 is 0 Å². The van der Waals surface area contributed by atoms with Crippen molar-refractivity contribution in [1.82, 2.24) is 14.5 Å². The molecule has 7 nitrogen and oxygen atoms in total. The van der Waals surface area contributed by atoms with Gasteiger partial charge in [0.1, 0.15) is 17.1 Å². The first-order chi connectivity index (χ1) is 26.2. The van der Waals surface area contributed by atoms with E-state index in [1.165, 1.54) is 0 Å². The summed E-state index contributed by atoms with van der Waals surface area (Å²) >= 11 is 0. The van der Waals surface area contributed by atoms with Crippen molar-refractivity contribution in [3.63, 3.8) is 0 Å². The molecule has 0 unspecified atom stereocenters. The molecule has 12 rings (SSSR count). The molecule has 7 aromatic carbocycles. The second-order valence-corrected chi connectivity index (χ2v) is 13.4. The van der Waals surface area contributed by atoms with Crippen molar-refractivity contribution in [3.05, 3.63) is 158 Å². The lowest BCUT2D eigenvalue weighted by molar-refractivity contribution is 0.418. The predicted molar refractivity (Wildman–Crippen MR) is 208 cm³/mol. The minimum absolute atomic E-state index is 0.616. The molecule has 0 saturated heterocycles. The summed E-state index contributed by atoms with van der Waals surface area (Å²) in [5.74, 6) is 5.07. The molecular formula is C46H26N4O3. The predicted octanol–water partition coefficient (Wildman–Crippen LogP) is 12.4. The Balaban J connectivity index is 1.05. The number of fused-ring (bicyclic) bond motifs is 3. The molecule has 3 aliphatic rings. The van der Waals surface area contributed by atoms with Gasteiger partial charge in [-0.2, -0.15) is 0 Å². The van der Waals surface area contributed by atoms with Gasteiger partial charge in [-0.3, -0.25) is 9.47 Å². The van der Waals surface area contributed by atoms with Gasteiger partial charge in [0, 0.05) is 21.9 Å². The highest BCUT2D eigenvalue weighted by molar-refractivity contribution is 6.10. The second kappa shape index (κ2) is 10.6. The van der Waals surface area contributed by atoms with E-state index >= 15 is 0 Å². The normalized spacial score (nSPS) is 12.9. The summed E-state index contributed by atoms with van der Waals surface area (Å²) in [6.45, 7) is 0. The number of benzene rings is 7. The molecule has 7 heteroatoms. The molecule has 248 valence electrons. The van der Waals surface area contributed by atoms with E-state index in [1.807, 2.05) is 72.8 Å². The van der Waals surface area contributed by atoms with Gasteiger partial charge < -0.3 is 14.2 Å². The van der Waals surface area contributed by atoms with Crippen molar-refractivity contribution in [3.8, 4) is 74.1 Å². The highest BCUT2D eigenvalue weighted by atomic mass is 16.5. The Morgan fingerprint density at radius 1 is 0.358 bits per heavy atom. The van der Waals surface area contributed by atoms with Crippen LogP contribution in [0.2, 0.25) is 0 Å². The van der Waals surface area contributed by atoms with Crippen LogP contribution in [-0.2, 0) is 0 Å². The lowest BCUT2D eigenvalue weighted by Crippen LogP contribution is -2.23. The largest absolute Gasteiger partial charge is 0.453 e. The molecule has 9 aromatic rings. The number of nitrogens with zero attached hydrogens (tertiary/aromatic N) is 4. The summed E-state index contributed by atoms with van der Waals surface area (Å²) in [4.78, 5) is 12.6. The molecule has 0 aliphatic carbocycles. The maximum absolute atomic E-state index is 6.60. The maximum atomic E-state index is 6.60. The van der Waals surface area contributed by atoms with Crippen LogP contribution in [0.15, 0.2) is 158 Å². The Morgan fingerprint density at radius 3 is 1.47 bits per heavy atom. The molecule has 0 atom stereocenters. The van der Waals surface area contributed by atoms with E-state index in [9.17, 15) is 0 Å². The highest BCUT2D eigenvalue weighted by Gasteiger charge is 2.41. The SMILES string of the molecule is c1ccc(-c2cc(-c3ccccc3)nc(-n3c4ccccc4c4cc(-c5cc6c7c(c5)Oc5cccc8c5N7c5c(cccc5O6)O8)ccc43)n2)cc1. The Labute approximate surface area is 303 Å². The van der Waals surface area contributed by atoms with E-state index in [4.69, 9.17) is 24.2 Å². The minimum atomic E-state index is 0.616. The zero-order valence-corrected chi connectivity index (χ0v) is 28.0. The smallest absolute Gasteiger partial charge is 0.235 e. The first-order valence-corrected chi connectivity index (χ1v) is 17.6. The number of hydrogen-bond donors (Lipinski definition) is 0. The summed E-state index contributed by atoms with van der Waals surface area (Å²) in [7, 11) is 0. The Hall–Kier alpha value is -7.38. The molecule has 3 aliphatic heterocycles. The summed E-state index contributed by atoms with van der Waals surface area (Å²) < 4.78 is 21.7. The number of aromatic nitrogens is 3. The summed E-state index contributed by atoms with van der Waals surface area (Å²) in [6, 6.07) is 53.7. The van der Waals surface area contributed by atoms with Crippen molar-refractivity contribution < 1.29 is 14.2 Å². The zero-order chi connectivity index (χ0) is 34.6. The number of ether oxygens (including phenoxy) is 3.